The van der Waals surface area contributed by atoms with Gasteiger partial charge >= 0.3 is 0 Å². The minimum absolute atomic E-state index is 0.121. The Bertz CT molecular complexity index is 1130. The Kier molecular flexibility index (Phi) is 4.49. The summed E-state index contributed by atoms with van der Waals surface area (Å²) in [5, 5.41) is 6.92. The number of fused-ring (bicyclic) bond motifs is 1. The first-order valence-corrected chi connectivity index (χ1v) is 9.42. The number of rotatable bonds is 4. The molecule has 29 heavy (non-hydrogen) atoms. The molecule has 0 atom stereocenters. The lowest BCUT2D eigenvalue weighted by Gasteiger charge is -2.16. The van der Waals surface area contributed by atoms with Crippen molar-refractivity contribution in [2.75, 3.05) is 11.9 Å². The van der Waals surface area contributed by atoms with Crippen LogP contribution in [0.4, 0.5) is 5.69 Å². The normalized spacial score (nSPS) is 14.2. The maximum absolute atomic E-state index is 12.8. The Balaban J connectivity index is 1.60. The molecule has 1 N–H and O–H groups in total. The lowest BCUT2D eigenvalue weighted by molar-refractivity contribution is 0.0977. The highest BCUT2D eigenvalue weighted by molar-refractivity contribution is 6.05. The first-order chi connectivity index (χ1) is 13.7. The molecule has 2 aromatic carbocycles. The lowest BCUT2D eigenvalue weighted by atomic mass is 9.86. The van der Waals surface area contributed by atoms with Crippen molar-refractivity contribution in [3.63, 3.8) is 0 Å². The van der Waals surface area contributed by atoms with Gasteiger partial charge in [-0.3, -0.25) is 9.59 Å². The van der Waals surface area contributed by atoms with Crippen molar-refractivity contribution in [2.45, 2.75) is 33.1 Å². The van der Waals surface area contributed by atoms with E-state index in [9.17, 15) is 9.59 Å². The van der Waals surface area contributed by atoms with Crippen LogP contribution in [0.3, 0.4) is 0 Å². The van der Waals surface area contributed by atoms with Gasteiger partial charge in [0.25, 0.3) is 5.91 Å². The minimum atomic E-state index is -0.199. The van der Waals surface area contributed by atoms with E-state index in [0.29, 0.717) is 23.6 Å². The van der Waals surface area contributed by atoms with E-state index >= 15 is 0 Å². The van der Waals surface area contributed by atoms with Crippen LogP contribution in [0.2, 0.25) is 0 Å². The van der Waals surface area contributed by atoms with Crippen LogP contribution in [0, 0.1) is 6.92 Å². The standard InChI is InChI=1S/C23H22N2O4/c1-13-5-7-16(10-17(13)19-11-21(14(2)26)29-25-19)24-22(27)15-6-8-20-18(9-15)23(3,4)12-28-20/h5-11H,12H2,1-4H3,(H,24,27). The molecule has 1 aliphatic rings. The van der Waals surface area contributed by atoms with Crippen LogP contribution in [0.15, 0.2) is 47.0 Å². The van der Waals surface area contributed by atoms with Crippen LogP contribution in [0.25, 0.3) is 11.3 Å². The second kappa shape index (κ2) is 6.88. The van der Waals surface area contributed by atoms with Gasteiger partial charge in [-0.15, -0.1) is 0 Å². The second-order valence-corrected chi connectivity index (χ2v) is 8.00. The largest absolute Gasteiger partial charge is 0.492 e. The molecule has 6 heteroatoms. The van der Waals surface area contributed by atoms with Gasteiger partial charge in [0.1, 0.15) is 11.4 Å². The quantitative estimate of drug-likeness (QED) is 0.649. The van der Waals surface area contributed by atoms with E-state index in [2.05, 4.69) is 24.3 Å². The number of nitrogens with zero attached hydrogens (tertiary/aromatic N) is 1. The molecule has 0 fully saturated rings. The summed E-state index contributed by atoms with van der Waals surface area (Å²) in [5.41, 5.74) is 4.44. The average molecular weight is 390 g/mol. The summed E-state index contributed by atoms with van der Waals surface area (Å²) in [6.07, 6.45) is 0. The molecule has 1 amide bonds. The van der Waals surface area contributed by atoms with E-state index in [1.807, 2.05) is 37.3 Å². The summed E-state index contributed by atoms with van der Waals surface area (Å²) in [6, 6.07) is 12.7. The molecular weight excluding hydrogens is 368 g/mol. The van der Waals surface area contributed by atoms with Crippen molar-refractivity contribution < 1.29 is 18.8 Å². The van der Waals surface area contributed by atoms with Gasteiger partial charge in [0.2, 0.25) is 5.76 Å². The highest BCUT2D eigenvalue weighted by atomic mass is 16.5. The molecule has 3 aromatic rings. The van der Waals surface area contributed by atoms with E-state index in [1.165, 1.54) is 6.92 Å². The third kappa shape index (κ3) is 3.53. The molecule has 1 aliphatic heterocycles. The van der Waals surface area contributed by atoms with E-state index in [0.717, 1.165) is 22.4 Å². The Morgan fingerprint density at radius 2 is 1.90 bits per heavy atom. The predicted octanol–water partition coefficient (Wildman–Crippen LogP) is 4.77. The Labute approximate surface area is 168 Å². The first-order valence-electron chi connectivity index (χ1n) is 9.42. The molecule has 0 bridgehead atoms. The van der Waals surface area contributed by atoms with Crippen LogP contribution in [-0.4, -0.2) is 23.5 Å². The number of carbonyl (C=O) groups excluding carboxylic acids is 2. The Morgan fingerprint density at radius 1 is 1.10 bits per heavy atom. The van der Waals surface area contributed by atoms with Crippen molar-refractivity contribution in [3.05, 3.63) is 64.9 Å². The summed E-state index contributed by atoms with van der Waals surface area (Å²) in [4.78, 5) is 24.3. The fourth-order valence-corrected chi connectivity index (χ4v) is 3.41. The summed E-state index contributed by atoms with van der Waals surface area (Å²) in [7, 11) is 0. The molecule has 4 rings (SSSR count). The summed E-state index contributed by atoms with van der Waals surface area (Å²) >= 11 is 0. The second-order valence-electron chi connectivity index (χ2n) is 8.00. The van der Waals surface area contributed by atoms with Gasteiger partial charge in [0.15, 0.2) is 5.78 Å². The third-order valence-electron chi connectivity index (χ3n) is 5.19. The van der Waals surface area contributed by atoms with Gasteiger partial charge in [-0.1, -0.05) is 25.1 Å². The van der Waals surface area contributed by atoms with Gasteiger partial charge in [0, 0.05) is 40.8 Å². The zero-order chi connectivity index (χ0) is 20.8. The predicted molar refractivity (Wildman–Crippen MR) is 110 cm³/mol. The summed E-state index contributed by atoms with van der Waals surface area (Å²) in [5.74, 6) is 0.651. The van der Waals surface area contributed by atoms with Crippen molar-refractivity contribution in [3.8, 4) is 17.0 Å². The third-order valence-corrected chi connectivity index (χ3v) is 5.19. The fourth-order valence-electron chi connectivity index (χ4n) is 3.41. The number of ketones is 1. The van der Waals surface area contributed by atoms with Crippen LogP contribution in [0.5, 0.6) is 5.75 Å². The van der Waals surface area contributed by atoms with E-state index in [4.69, 9.17) is 9.26 Å². The molecule has 0 spiro atoms. The van der Waals surface area contributed by atoms with Crippen LogP contribution >= 0.6 is 0 Å². The molecule has 0 saturated heterocycles. The average Bonchev–Trinajstić information content (AvgIpc) is 3.28. The number of nitrogens with one attached hydrogen (secondary N) is 1. The SMILES string of the molecule is CC(=O)c1cc(-c2cc(NC(=O)c3ccc4c(c3)C(C)(C)CO4)ccc2C)no1. The van der Waals surface area contributed by atoms with E-state index in [-0.39, 0.29) is 22.9 Å². The topological polar surface area (TPSA) is 81.4 Å². The smallest absolute Gasteiger partial charge is 0.255 e. The van der Waals surface area contributed by atoms with Gasteiger partial charge in [-0.05, 0) is 42.8 Å². The number of amides is 1. The maximum Gasteiger partial charge on any atom is 0.255 e. The lowest BCUT2D eigenvalue weighted by Crippen LogP contribution is -2.19. The Morgan fingerprint density at radius 3 is 2.62 bits per heavy atom. The zero-order valence-electron chi connectivity index (χ0n) is 16.8. The molecule has 0 aliphatic carbocycles. The van der Waals surface area contributed by atoms with Gasteiger partial charge < -0.3 is 14.6 Å². The Hall–Kier alpha value is -3.41. The zero-order valence-corrected chi connectivity index (χ0v) is 16.8. The van der Waals surface area contributed by atoms with Crippen molar-refractivity contribution in [1.82, 2.24) is 5.16 Å². The summed E-state index contributed by atoms with van der Waals surface area (Å²) < 4.78 is 10.8. The van der Waals surface area contributed by atoms with Gasteiger partial charge in [-0.25, -0.2) is 0 Å². The molecule has 0 saturated carbocycles. The number of hydrogen-bond acceptors (Lipinski definition) is 5. The van der Waals surface area contributed by atoms with Crippen molar-refractivity contribution >= 4 is 17.4 Å². The van der Waals surface area contributed by atoms with Crippen molar-refractivity contribution in [2.24, 2.45) is 0 Å². The minimum Gasteiger partial charge on any atom is -0.492 e. The highest BCUT2D eigenvalue weighted by Crippen LogP contribution is 2.38. The molecule has 148 valence electrons. The molecule has 6 nitrogen and oxygen atoms in total. The monoisotopic (exact) mass is 390 g/mol. The molecule has 0 radical (unpaired) electrons. The van der Waals surface area contributed by atoms with E-state index < -0.39 is 0 Å². The fraction of sp³-hybridized carbons (Fsp3) is 0.261. The van der Waals surface area contributed by atoms with Crippen molar-refractivity contribution in [1.29, 1.82) is 0 Å². The highest BCUT2D eigenvalue weighted by Gasteiger charge is 2.32. The molecule has 1 aromatic heterocycles. The van der Waals surface area contributed by atoms with Gasteiger partial charge in [0.05, 0.1) is 6.61 Å². The first kappa shape index (κ1) is 18.9. The maximum atomic E-state index is 12.8. The molecular formula is C23H22N2O4. The number of Topliss-reactive ketones (excluding diaryl/α,β-unsaturated/α-hetero) is 1. The molecule has 2 heterocycles. The summed E-state index contributed by atoms with van der Waals surface area (Å²) in [6.45, 7) is 8.16. The number of benzene rings is 2. The number of anilines is 1. The number of hydrogen-bond donors (Lipinski definition) is 1. The van der Waals surface area contributed by atoms with Crippen LogP contribution < -0.4 is 10.1 Å². The van der Waals surface area contributed by atoms with Gasteiger partial charge in [-0.2, -0.15) is 0 Å². The number of carbonyl (C=O) groups is 2. The number of ether oxygens (including phenoxy) is 1. The van der Waals surface area contributed by atoms with Crippen LogP contribution in [-0.2, 0) is 5.41 Å². The number of aryl methyl sites for hydroxylation is 1. The number of aromatic nitrogens is 1. The molecule has 0 unspecified atom stereocenters. The van der Waals surface area contributed by atoms with E-state index in [1.54, 1.807) is 12.1 Å². The van der Waals surface area contributed by atoms with Crippen LogP contribution in [0.1, 0.15) is 52.8 Å².